The van der Waals surface area contributed by atoms with Crippen molar-refractivity contribution >= 4 is 105 Å². The summed E-state index contributed by atoms with van der Waals surface area (Å²) in [6.45, 7) is 2.89. The summed E-state index contributed by atoms with van der Waals surface area (Å²) in [5.74, 6) is -11.4. The summed E-state index contributed by atoms with van der Waals surface area (Å²) in [5, 5.41) is 41.7. The molecule has 0 fully saturated rings. The topological polar surface area (TPSA) is 424 Å². The van der Waals surface area contributed by atoms with Gasteiger partial charge in [-0.25, -0.2) is 13.8 Å². The fourth-order valence-electron chi connectivity index (χ4n) is 11.9. The summed E-state index contributed by atoms with van der Waals surface area (Å²) < 4.78 is 29.9. The number of aliphatic carboxylic acids is 1. The Kier molecular flexibility index (Phi) is 27.9. The molecule has 8 rings (SSSR count). The van der Waals surface area contributed by atoms with Gasteiger partial charge in [-0.1, -0.05) is 62.4 Å². The zero-order chi connectivity index (χ0) is 72.9. The van der Waals surface area contributed by atoms with Gasteiger partial charge in [0.15, 0.2) is 0 Å². The van der Waals surface area contributed by atoms with E-state index in [1.54, 1.807) is 26.0 Å². The highest BCUT2D eigenvalue weighted by atomic mass is 32.2. The Morgan fingerprint density at radius 2 is 1.33 bits per heavy atom. The number of phenols is 1. The second-order valence-electron chi connectivity index (χ2n) is 25.1. The van der Waals surface area contributed by atoms with Crippen LogP contribution >= 0.6 is 23.5 Å². The summed E-state index contributed by atoms with van der Waals surface area (Å²) in [6.07, 6.45) is 4.62. The van der Waals surface area contributed by atoms with Crippen LogP contribution in [-0.4, -0.2) is 175 Å². The van der Waals surface area contributed by atoms with E-state index in [2.05, 4.69) is 57.5 Å². The van der Waals surface area contributed by atoms with Crippen molar-refractivity contribution in [2.75, 3.05) is 31.6 Å². The van der Waals surface area contributed by atoms with Crippen LogP contribution in [0.15, 0.2) is 110 Å². The van der Waals surface area contributed by atoms with Crippen LogP contribution in [-0.2, 0) is 89.9 Å². The summed E-state index contributed by atoms with van der Waals surface area (Å²) in [6, 6.07) is 8.85. The van der Waals surface area contributed by atoms with Gasteiger partial charge in [0.25, 0.3) is 0 Å². The van der Waals surface area contributed by atoms with E-state index in [-0.39, 0.29) is 60.3 Å². The number of aromatic hydroxyl groups is 1. The fraction of sp³-hybridized carbons (Fsp3) is 0.400. The average molecular weight is 1430 g/mol. The van der Waals surface area contributed by atoms with Gasteiger partial charge in [-0.05, 0) is 120 Å². The van der Waals surface area contributed by atoms with Gasteiger partial charge < -0.3 is 79.1 Å². The number of allylic oxidation sites excluding steroid dienone is 1. The zero-order valence-corrected chi connectivity index (χ0v) is 57.5. The smallest absolute Gasteiger partial charge is 0.305 e. The number of likely N-dealkylation sites (N-methyl/N-ethyl adjacent to an activating group) is 1. The first-order chi connectivity index (χ1) is 48.3. The van der Waals surface area contributed by atoms with Crippen molar-refractivity contribution in [2.45, 2.75) is 138 Å². The third kappa shape index (κ3) is 22.4. The molecule has 2 aromatic heterocycles. The molecular weight excluding hydrogens is 1350 g/mol. The van der Waals surface area contributed by atoms with Crippen molar-refractivity contribution in [1.29, 1.82) is 0 Å². The molecular formula is C70H84F2N14O13S2. The average Bonchev–Trinajstić information content (AvgIpc) is 1.77. The molecule has 8 atom stereocenters. The molecule has 16 N–H and O–H groups in total. The van der Waals surface area contributed by atoms with Gasteiger partial charge in [0, 0.05) is 91.2 Å². The minimum atomic E-state index is -2.05. The minimum absolute atomic E-state index is 0.0105. The number of phenolic OH excluding ortho intramolecular Hbond substituents is 1. The number of nitrogens with zero attached hydrogens (tertiary/aromatic N) is 2. The van der Waals surface area contributed by atoms with E-state index in [1.807, 2.05) is 24.3 Å². The molecule has 0 saturated carbocycles. The SMILES string of the molecule is CC(C)[C@H]1C(=O)N[C@H](C(N)=O)CSCc2cccc(c2)CSCCC(=O)N[C@@H](CCCCN)C(=O)NCC(=O)N[C@@H](CC2=CCc3ccc(F)cc32)C(=O)N[C@@H](Cc2c[nH]c3ccc(F)cc23)C(=O)N[C@@H](CC(=O)O)C(=O)N[C@@H](Cc2cnc[nH]2)C(=O)N[C@@H](Cc2ccc(O)cc2)C(=O)N1C. The van der Waals surface area contributed by atoms with Gasteiger partial charge in [-0.2, -0.15) is 23.5 Å². The van der Waals surface area contributed by atoms with E-state index < -0.39 is 150 Å². The molecule has 10 amide bonds. The maximum atomic E-state index is 15.1. The van der Waals surface area contributed by atoms with E-state index in [4.69, 9.17) is 11.5 Å². The highest BCUT2D eigenvalue weighted by Crippen LogP contribution is 2.32. The molecule has 0 spiro atoms. The van der Waals surface area contributed by atoms with Crippen LogP contribution in [0.4, 0.5) is 8.78 Å². The number of aromatic nitrogens is 3. The van der Waals surface area contributed by atoms with Crippen LogP contribution in [0.25, 0.3) is 16.5 Å². The van der Waals surface area contributed by atoms with Crippen LogP contribution in [0.5, 0.6) is 5.75 Å². The summed E-state index contributed by atoms with van der Waals surface area (Å²) in [5.41, 5.74) is 16.3. The molecule has 4 aromatic carbocycles. The number of fused-ring (bicyclic) bond motifs is 4. The number of hydrogen-bond donors (Lipinski definition) is 14. The van der Waals surface area contributed by atoms with Crippen molar-refractivity contribution in [1.82, 2.24) is 62.4 Å². The Labute approximate surface area is 589 Å². The van der Waals surface area contributed by atoms with E-state index in [1.165, 1.54) is 104 Å². The van der Waals surface area contributed by atoms with E-state index in [0.29, 0.717) is 70.8 Å². The maximum Gasteiger partial charge on any atom is 0.305 e. The standard InChI is InChI=1S/C70H84F2N14O13S2/c1-38(2)62-69(98)85-58(63(74)92)36-101-35-41-8-6-7-40(23-41)34-100-22-20-59(88)79-52(9-4-5-21-73)64(93)77-33-60(89)80-53(25-43-13-12-42-14-15-45(71)27-49(42)43)65(94)81-54(26-44-31-76-51-19-16-46(72)28-50(44)51)66(95)83-56(30-61(90)91)68(97)82-55(29-47-32-75-37-78-47)67(96)84-57(70(99)86(62)3)24-39-10-17-48(87)18-11-39/h6-8,10-11,13-19,23,27-28,31-32,37-38,52-58,62,76,87H,4-5,9,12,20-22,24-26,29-30,33-36,73H2,1-3H3,(H2,74,92)(H,75,78)(H,77,93)(H,79,88)(H,80,89)(H,81,94)(H,82,97)(H,83,95)(H,84,96)(H,85,98)(H,90,91)/t52-,53-,54-,55-,56-,57-,58-,62-/m0/s1. The third-order valence-electron chi connectivity index (χ3n) is 17.1. The fourth-order valence-corrected chi connectivity index (χ4v) is 13.8. The van der Waals surface area contributed by atoms with Crippen molar-refractivity contribution in [2.24, 2.45) is 17.4 Å². The second kappa shape index (κ2) is 36.8. The molecule has 0 unspecified atom stereocenters. The van der Waals surface area contributed by atoms with Crippen LogP contribution in [0.2, 0.25) is 0 Å². The van der Waals surface area contributed by atoms with Gasteiger partial charge >= 0.3 is 5.97 Å². The summed E-state index contributed by atoms with van der Waals surface area (Å²) >= 11 is 2.77. The number of hydrogen-bond acceptors (Lipinski definition) is 16. The quantitative estimate of drug-likeness (QED) is 0.0619. The minimum Gasteiger partial charge on any atom is -0.508 e. The molecule has 2 aliphatic rings. The molecule has 3 heterocycles. The maximum absolute atomic E-state index is 15.1. The lowest BCUT2D eigenvalue weighted by molar-refractivity contribution is -0.144. The first-order valence-corrected chi connectivity index (χ1v) is 35.2. The Balaban J connectivity index is 1.15. The lowest BCUT2D eigenvalue weighted by Gasteiger charge is -2.34. The first-order valence-electron chi connectivity index (χ1n) is 32.9. The number of imidazole rings is 1. The number of thioether (sulfide) groups is 2. The van der Waals surface area contributed by atoms with Gasteiger partial charge in [-0.3, -0.25) is 52.7 Å². The zero-order valence-electron chi connectivity index (χ0n) is 55.9. The predicted octanol–water partition coefficient (Wildman–Crippen LogP) is 2.58. The van der Waals surface area contributed by atoms with Crippen LogP contribution in [0.3, 0.4) is 0 Å². The number of carbonyl (C=O) groups is 11. The number of H-pyrrole nitrogens is 2. The van der Waals surface area contributed by atoms with E-state index in [0.717, 1.165) is 16.0 Å². The number of rotatable bonds is 16. The van der Waals surface area contributed by atoms with Gasteiger partial charge in [0.2, 0.25) is 59.1 Å². The monoisotopic (exact) mass is 1430 g/mol. The molecule has 101 heavy (non-hydrogen) atoms. The number of primary amides is 1. The lowest BCUT2D eigenvalue weighted by atomic mass is 9.98. The van der Waals surface area contributed by atoms with Gasteiger partial charge in [0.1, 0.15) is 65.7 Å². The molecule has 27 nitrogen and oxygen atoms in total. The molecule has 1 aliphatic heterocycles. The molecule has 1 aliphatic carbocycles. The molecule has 2 bridgehead atoms. The van der Waals surface area contributed by atoms with Crippen molar-refractivity contribution < 1.29 is 71.7 Å². The Morgan fingerprint density at radius 3 is 2.00 bits per heavy atom. The van der Waals surface area contributed by atoms with Crippen molar-refractivity contribution in [3.63, 3.8) is 0 Å². The number of benzene rings is 4. The third-order valence-corrected chi connectivity index (χ3v) is 19.2. The Bertz CT molecular complexity index is 4010. The molecule has 538 valence electrons. The van der Waals surface area contributed by atoms with Crippen molar-refractivity contribution in [3.05, 3.63) is 160 Å². The number of carboxylic acid groups (broad SMARTS) is 1. The number of nitrogens with two attached hydrogens (primary N) is 2. The van der Waals surface area contributed by atoms with Gasteiger partial charge in [0.05, 0.1) is 19.3 Å². The number of amides is 10. The van der Waals surface area contributed by atoms with E-state index >= 15 is 14.4 Å². The second-order valence-corrected chi connectivity index (χ2v) is 27.3. The van der Waals surface area contributed by atoms with Crippen LogP contribution in [0, 0.1) is 17.6 Å². The molecule has 31 heteroatoms. The first kappa shape index (κ1) is 76.6. The number of carboxylic acids is 1. The lowest BCUT2D eigenvalue weighted by Crippen LogP contribution is -2.61. The van der Waals surface area contributed by atoms with Gasteiger partial charge in [-0.15, -0.1) is 0 Å². The largest absolute Gasteiger partial charge is 0.508 e. The molecule has 6 aromatic rings. The normalized spacial score (nSPS) is 21.9. The Hall–Kier alpha value is -10.1. The highest BCUT2D eigenvalue weighted by molar-refractivity contribution is 7.98. The number of nitrogens with one attached hydrogen (secondary N) is 10. The van der Waals surface area contributed by atoms with Crippen LogP contribution in [0.1, 0.15) is 91.4 Å². The van der Waals surface area contributed by atoms with Crippen molar-refractivity contribution in [3.8, 4) is 5.75 Å². The summed E-state index contributed by atoms with van der Waals surface area (Å²) in [4.78, 5) is 168. The predicted molar refractivity (Wildman–Crippen MR) is 374 cm³/mol. The molecule has 0 radical (unpaired) electrons. The number of unbranched alkanes of at least 4 members (excludes halogenated alkanes) is 1. The number of carbonyl (C=O) groups excluding carboxylic acids is 10. The van der Waals surface area contributed by atoms with E-state index in [9.17, 15) is 57.4 Å². The molecule has 0 saturated heterocycles. The summed E-state index contributed by atoms with van der Waals surface area (Å²) in [7, 11) is 1.33. The number of halogens is 2. The number of aromatic amines is 2. The Morgan fingerprint density at radius 1 is 0.683 bits per heavy atom. The highest BCUT2D eigenvalue weighted by Gasteiger charge is 2.39. The van der Waals surface area contributed by atoms with Crippen LogP contribution < -0.4 is 54.0 Å².